The fourth-order valence-corrected chi connectivity index (χ4v) is 6.28. The predicted octanol–water partition coefficient (Wildman–Crippen LogP) is 1.60. The lowest BCUT2D eigenvalue weighted by Gasteiger charge is -2.45. The van der Waals surface area contributed by atoms with Crippen LogP contribution in [0, 0.1) is 11.8 Å². The number of likely N-dealkylation sites (tertiary alicyclic amines) is 1. The summed E-state index contributed by atoms with van der Waals surface area (Å²) in [5, 5.41) is 20.7. The van der Waals surface area contributed by atoms with Crippen LogP contribution in [0.15, 0.2) is 0 Å². The molecule has 2 fully saturated rings. The van der Waals surface area contributed by atoms with Crippen molar-refractivity contribution in [3.63, 3.8) is 0 Å². The molecule has 0 aromatic heterocycles. The highest BCUT2D eigenvalue weighted by Gasteiger charge is 2.51. The van der Waals surface area contributed by atoms with E-state index in [-0.39, 0.29) is 18.2 Å². The second kappa shape index (κ2) is 11.6. The van der Waals surface area contributed by atoms with Crippen LogP contribution in [0.1, 0.15) is 39.5 Å². The first-order valence-corrected chi connectivity index (χ1v) is 13.8. The first-order chi connectivity index (χ1) is 14.4. The van der Waals surface area contributed by atoms with Gasteiger partial charge in [0.15, 0.2) is 0 Å². The number of hydrogen-bond acceptors (Lipinski definition) is 8. The molecular weight excluding hydrogens is 469 g/mol. The van der Waals surface area contributed by atoms with Crippen LogP contribution in [0.2, 0.25) is 0 Å². The zero-order valence-electron chi connectivity index (χ0n) is 18.3. The Balaban J connectivity index is 2.15. The van der Waals surface area contributed by atoms with Crippen LogP contribution in [0.4, 0.5) is 0 Å². The summed E-state index contributed by atoms with van der Waals surface area (Å²) in [7, 11) is -2.99. The number of likely N-dealkylation sites (N-methyl/N-ethyl adjacent to an activating group) is 1. The third-order valence-corrected chi connectivity index (χ3v) is 7.91. The number of carbonyl (C=O) groups excluding carboxylic acids is 1. The minimum Gasteiger partial charge on any atom is -0.388 e. The Hall–Kier alpha value is 0.260. The second-order valence-electron chi connectivity index (χ2n) is 8.60. The van der Waals surface area contributed by atoms with E-state index in [2.05, 4.69) is 16.3 Å². The SMILES string of the molecule is CCC[C@@H]1C[C@@H](C(=O)C[C@H](C(C)Cl)[C@H]2OC(SC)[C@H](OP(=O)(O)O)[C@@H](O)[C@H]2O)N(C)C1. The second-order valence-corrected chi connectivity index (χ2v) is 11.4. The van der Waals surface area contributed by atoms with Gasteiger partial charge in [0.1, 0.15) is 29.5 Å². The fraction of sp³-hybridized carbons (Fsp3) is 0.947. The van der Waals surface area contributed by atoms with Crippen LogP contribution in [0.25, 0.3) is 0 Å². The van der Waals surface area contributed by atoms with Gasteiger partial charge < -0.3 is 24.7 Å². The van der Waals surface area contributed by atoms with Gasteiger partial charge in [-0.3, -0.25) is 14.2 Å². The molecule has 0 aromatic carbocycles. The quantitative estimate of drug-likeness (QED) is 0.257. The van der Waals surface area contributed by atoms with Gasteiger partial charge in [0.25, 0.3) is 0 Å². The number of Topliss-reactive ketones (excluding diaryl/α,β-unsaturated/α-hetero) is 1. The van der Waals surface area contributed by atoms with Crippen LogP contribution < -0.4 is 0 Å². The van der Waals surface area contributed by atoms with Crippen LogP contribution >= 0.6 is 31.2 Å². The lowest BCUT2D eigenvalue weighted by Crippen LogP contribution is -2.60. The molecule has 0 spiro atoms. The molecular formula is C19H35ClNO8PS. The third-order valence-electron chi connectivity index (χ3n) is 6.23. The number of phosphoric acid groups is 1. The number of nitrogens with zero attached hydrogens (tertiary/aromatic N) is 1. The summed E-state index contributed by atoms with van der Waals surface area (Å²) < 4.78 is 21.8. The van der Waals surface area contributed by atoms with E-state index in [9.17, 15) is 19.6 Å². The Morgan fingerprint density at radius 1 is 1.35 bits per heavy atom. The number of alkyl halides is 1. The van der Waals surface area contributed by atoms with Crippen molar-refractivity contribution in [2.75, 3.05) is 19.8 Å². The van der Waals surface area contributed by atoms with Gasteiger partial charge in [-0.15, -0.1) is 23.4 Å². The van der Waals surface area contributed by atoms with Gasteiger partial charge >= 0.3 is 7.82 Å². The van der Waals surface area contributed by atoms with Crippen molar-refractivity contribution in [2.45, 2.75) is 80.8 Å². The largest absolute Gasteiger partial charge is 0.470 e. The topological polar surface area (TPSA) is 137 Å². The molecule has 2 heterocycles. The third kappa shape index (κ3) is 7.12. The van der Waals surface area contributed by atoms with Gasteiger partial charge in [0.05, 0.1) is 12.1 Å². The van der Waals surface area contributed by atoms with E-state index in [4.69, 9.17) is 26.1 Å². The Morgan fingerprint density at radius 2 is 2.00 bits per heavy atom. The first-order valence-electron chi connectivity index (χ1n) is 10.5. The number of rotatable bonds is 10. The molecule has 9 atom stereocenters. The summed E-state index contributed by atoms with van der Waals surface area (Å²) in [6.07, 6.45) is -0.933. The molecule has 31 heavy (non-hydrogen) atoms. The molecule has 2 aliphatic rings. The highest BCUT2D eigenvalue weighted by Crippen LogP contribution is 2.44. The average molecular weight is 504 g/mol. The number of carbonyl (C=O) groups is 1. The summed E-state index contributed by atoms with van der Waals surface area (Å²) in [6.45, 7) is 4.69. The smallest absolute Gasteiger partial charge is 0.388 e. The standard InChI is InChI=1S/C19H35ClNO8PS/c1-5-6-11-7-13(21(3)9-11)14(22)8-12(10(2)20)17-15(23)16(24)18(19(28-17)31-4)29-30(25,26)27/h10-13,15-19,23-24H,5-9H2,1-4H3,(H2,25,26,27)/t10?,11-,12-,13+,15-,16+,17-,18-,19?/m1/s1. The van der Waals surface area contributed by atoms with E-state index < -0.39 is 49.0 Å². The van der Waals surface area contributed by atoms with Gasteiger partial charge in [0.2, 0.25) is 0 Å². The maximum Gasteiger partial charge on any atom is 0.470 e. The molecule has 2 saturated heterocycles. The van der Waals surface area contributed by atoms with Crippen molar-refractivity contribution in [3.8, 4) is 0 Å². The summed E-state index contributed by atoms with van der Waals surface area (Å²) in [5.74, 6) is -0.109. The molecule has 182 valence electrons. The molecule has 0 aliphatic carbocycles. The maximum absolute atomic E-state index is 13.1. The lowest BCUT2D eigenvalue weighted by atomic mass is 9.83. The molecule has 12 heteroatoms. The molecule has 0 saturated carbocycles. The van der Waals surface area contributed by atoms with Crippen molar-refractivity contribution < 1.29 is 38.6 Å². The van der Waals surface area contributed by atoms with Crippen LogP contribution in [0.5, 0.6) is 0 Å². The summed E-state index contributed by atoms with van der Waals surface area (Å²) in [5.41, 5.74) is -0.952. The normalized spacial score (nSPS) is 37.0. The molecule has 2 aliphatic heterocycles. The molecule has 9 nitrogen and oxygen atoms in total. The maximum atomic E-state index is 13.1. The van der Waals surface area contributed by atoms with Gasteiger partial charge in [0, 0.05) is 24.3 Å². The Labute approximate surface area is 193 Å². The highest BCUT2D eigenvalue weighted by atomic mass is 35.5. The monoisotopic (exact) mass is 503 g/mol. The van der Waals surface area contributed by atoms with E-state index in [1.54, 1.807) is 13.2 Å². The number of ether oxygens (including phenoxy) is 1. The van der Waals surface area contributed by atoms with Crippen LogP contribution in [-0.2, 0) is 18.6 Å². The van der Waals surface area contributed by atoms with E-state index in [1.165, 1.54) is 0 Å². The molecule has 4 N–H and O–H groups in total. The number of hydrogen-bond donors (Lipinski definition) is 4. The number of aliphatic hydroxyl groups is 2. The van der Waals surface area contributed by atoms with E-state index in [1.807, 2.05) is 7.05 Å². The summed E-state index contributed by atoms with van der Waals surface area (Å²) in [4.78, 5) is 33.4. The van der Waals surface area contributed by atoms with Gasteiger partial charge in [-0.1, -0.05) is 13.3 Å². The fourth-order valence-electron chi connectivity index (χ4n) is 4.68. The summed E-state index contributed by atoms with van der Waals surface area (Å²) in [6, 6.07) is -0.220. The Morgan fingerprint density at radius 3 is 2.52 bits per heavy atom. The molecule has 0 aromatic rings. The predicted molar refractivity (Wildman–Crippen MR) is 119 cm³/mol. The van der Waals surface area contributed by atoms with Crippen molar-refractivity contribution in [2.24, 2.45) is 11.8 Å². The Kier molecular flexibility index (Phi) is 10.3. The highest BCUT2D eigenvalue weighted by molar-refractivity contribution is 7.99. The van der Waals surface area contributed by atoms with Crippen LogP contribution in [-0.4, -0.2) is 91.8 Å². The lowest BCUT2D eigenvalue weighted by molar-refractivity contribution is -0.208. The number of ketones is 1. The first kappa shape index (κ1) is 27.5. The van der Waals surface area contributed by atoms with E-state index >= 15 is 0 Å². The average Bonchev–Trinajstić information content (AvgIpc) is 3.03. The van der Waals surface area contributed by atoms with E-state index in [0.717, 1.165) is 37.6 Å². The molecule has 2 unspecified atom stereocenters. The van der Waals surface area contributed by atoms with Gasteiger partial charge in [-0.05, 0) is 39.0 Å². The van der Waals surface area contributed by atoms with Crippen LogP contribution in [0.3, 0.4) is 0 Å². The molecule has 0 bridgehead atoms. The number of aliphatic hydroxyl groups excluding tert-OH is 2. The number of thioether (sulfide) groups is 1. The zero-order chi connectivity index (χ0) is 23.5. The zero-order valence-corrected chi connectivity index (χ0v) is 20.8. The van der Waals surface area contributed by atoms with E-state index in [0.29, 0.717) is 5.92 Å². The van der Waals surface area contributed by atoms with Crippen molar-refractivity contribution in [1.29, 1.82) is 0 Å². The van der Waals surface area contributed by atoms with Gasteiger partial charge in [-0.25, -0.2) is 4.57 Å². The number of halogens is 1. The minimum absolute atomic E-state index is 0.0122. The van der Waals surface area contributed by atoms with Crippen molar-refractivity contribution >= 4 is 37.0 Å². The van der Waals surface area contributed by atoms with Gasteiger partial charge in [-0.2, -0.15) is 0 Å². The van der Waals surface area contributed by atoms with Crippen molar-refractivity contribution in [3.05, 3.63) is 0 Å². The number of phosphoric ester groups is 1. The summed E-state index contributed by atoms with van der Waals surface area (Å²) >= 11 is 7.47. The minimum atomic E-state index is -4.92. The molecule has 0 radical (unpaired) electrons. The molecule has 2 rings (SSSR count). The van der Waals surface area contributed by atoms with Crippen molar-refractivity contribution in [1.82, 2.24) is 4.90 Å². The Bertz CT molecular complexity index is 650. The molecule has 0 amide bonds.